The van der Waals surface area contributed by atoms with Crippen molar-refractivity contribution >= 4 is 55.6 Å². The van der Waals surface area contributed by atoms with Crippen LogP contribution in [0.3, 0.4) is 0 Å². The lowest BCUT2D eigenvalue weighted by molar-refractivity contribution is -0.117. The third kappa shape index (κ3) is 4.38. The van der Waals surface area contributed by atoms with Crippen LogP contribution in [0.2, 0.25) is 4.34 Å². The zero-order chi connectivity index (χ0) is 20.6. The summed E-state index contributed by atoms with van der Waals surface area (Å²) >= 11 is 6.89. The van der Waals surface area contributed by atoms with Crippen LogP contribution in [0.4, 0.5) is 5.69 Å². The van der Waals surface area contributed by atoms with Crippen LogP contribution in [-0.2, 0) is 14.8 Å². The van der Waals surface area contributed by atoms with E-state index in [1.54, 1.807) is 24.3 Å². The summed E-state index contributed by atoms with van der Waals surface area (Å²) in [5.41, 5.74) is 1.55. The summed E-state index contributed by atoms with van der Waals surface area (Å²) in [7, 11) is -3.55. The molecule has 0 spiro atoms. The molecule has 1 aromatic carbocycles. The highest BCUT2D eigenvalue weighted by atomic mass is 35.5. The van der Waals surface area contributed by atoms with Crippen LogP contribution in [0, 0.1) is 0 Å². The fourth-order valence-electron chi connectivity index (χ4n) is 3.21. The number of anilines is 1. The van der Waals surface area contributed by atoms with Gasteiger partial charge in [0.2, 0.25) is 5.91 Å². The van der Waals surface area contributed by atoms with Crippen LogP contribution < -0.4 is 11.0 Å². The Balaban J connectivity index is 1.33. The average Bonchev–Trinajstić information content (AvgIpc) is 3.27. The molecule has 1 saturated heterocycles. The first-order chi connectivity index (χ1) is 13.8. The van der Waals surface area contributed by atoms with Crippen LogP contribution in [-0.4, -0.2) is 66.2 Å². The van der Waals surface area contributed by atoms with Gasteiger partial charge in [0.15, 0.2) is 0 Å². The van der Waals surface area contributed by atoms with Crippen LogP contribution in [0.1, 0.15) is 0 Å². The summed E-state index contributed by atoms with van der Waals surface area (Å²) < 4.78 is 27.3. The number of amides is 1. The summed E-state index contributed by atoms with van der Waals surface area (Å²) in [6, 6.07) is 8.18. The lowest BCUT2D eigenvalue weighted by Crippen LogP contribution is -2.50. The third-order valence-electron chi connectivity index (χ3n) is 4.64. The van der Waals surface area contributed by atoms with E-state index in [0.717, 1.165) is 11.3 Å². The predicted molar refractivity (Wildman–Crippen MR) is 112 cm³/mol. The molecule has 3 aromatic rings. The highest BCUT2D eigenvalue weighted by Gasteiger charge is 2.30. The number of halogens is 1. The van der Waals surface area contributed by atoms with Gasteiger partial charge in [0.05, 0.1) is 21.9 Å². The summed E-state index contributed by atoms with van der Waals surface area (Å²) in [6.45, 7) is 1.68. The fourth-order valence-corrected chi connectivity index (χ4v) is 6.26. The maximum absolute atomic E-state index is 12.6. The van der Waals surface area contributed by atoms with E-state index < -0.39 is 10.0 Å². The van der Waals surface area contributed by atoms with E-state index in [4.69, 9.17) is 11.6 Å². The first kappa shape index (κ1) is 20.1. The number of sulfonamides is 1. The van der Waals surface area contributed by atoms with E-state index in [1.165, 1.54) is 10.4 Å². The van der Waals surface area contributed by atoms with E-state index in [0.29, 0.717) is 47.2 Å². The molecule has 3 heterocycles. The van der Waals surface area contributed by atoms with Crippen LogP contribution in [0.15, 0.2) is 39.3 Å². The highest BCUT2D eigenvalue weighted by molar-refractivity contribution is 7.91. The molecule has 0 bridgehead atoms. The second-order valence-corrected chi connectivity index (χ2v) is 10.5. The molecule has 2 aromatic heterocycles. The molecule has 154 valence electrons. The topological polar surface area (TPSA) is 118 Å². The molecule has 3 N–H and O–H groups in total. The van der Waals surface area contributed by atoms with Gasteiger partial charge in [-0.3, -0.25) is 9.69 Å². The van der Waals surface area contributed by atoms with Crippen LogP contribution >= 0.6 is 22.9 Å². The summed E-state index contributed by atoms with van der Waals surface area (Å²) in [6.07, 6.45) is 0. The van der Waals surface area contributed by atoms with Gasteiger partial charge < -0.3 is 15.3 Å². The van der Waals surface area contributed by atoms with Gasteiger partial charge in [-0.25, -0.2) is 13.2 Å². The Labute approximate surface area is 175 Å². The lowest BCUT2D eigenvalue weighted by Gasteiger charge is -2.33. The molecule has 0 unspecified atom stereocenters. The highest BCUT2D eigenvalue weighted by Crippen LogP contribution is 2.28. The number of imidazole rings is 1. The molecule has 29 heavy (non-hydrogen) atoms. The Hall–Kier alpha value is -2.18. The van der Waals surface area contributed by atoms with Crippen molar-refractivity contribution in [2.45, 2.75) is 4.21 Å². The first-order valence-corrected chi connectivity index (χ1v) is 11.4. The normalized spacial score (nSPS) is 16.3. The molecule has 1 amide bonds. The number of thiophene rings is 1. The molecule has 1 aliphatic rings. The number of rotatable bonds is 5. The van der Waals surface area contributed by atoms with Gasteiger partial charge >= 0.3 is 5.69 Å². The number of fused-ring (bicyclic) bond motifs is 1. The fraction of sp³-hybridized carbons (Fsp3) is 0.294. The van der Waals surface area contributed by atoms with Gasteiger partial charge in [0.1, 0.15) is 4.21 Å². The first-order valence-electron chi connectivity index (χ1n) is 8.81. The Bertz CT molecular complexity index is 1210. The van der Waals surface area contributed by atoms with E-state index in [9.17, 15) is 18.0 Å². The predicted octanol–water partition coefficient (Wildman–Crippen LogP) is 1.52. The standard InChI is InChI=1S/C17H18ClN5O4S2/c18-14-3-4-16(28-14)29(26,27)23-7-5-22(6-8-23)10-15(24)19-11-1-2-12-13(9-11)21-17(25)20-12/h1-4,9H,5-8,10H2,(H,19,24)(H2,20,21,25). The Kier molecular flexibility index (Phi) is 5.49. The number of aromatic nitrogens is 2. The SMILES string of the molecule is O=C(CN1CCN(S(=O)(=O)c2ccc(Cl)s2)CC1)Nc1ccc2[nH]c(=O)[nH]c2c1. The van der Waals surface area contributed by atoms with Crippen LogP contribution in [0.25, 0.3) is 11.0 Å². The molecular weight excluding hydrogens is 438 g/mol. The number of aromatic amines is 2. The largest absolute Gasteiger partial charge is 0.325 e. The monoisotopic (exact) mass is 455 g/mol. The van der Waals surface area contributed by atoms with Gasteiger partial charge in [0.25, 0.3) is 10.0 Å². The van der Waals surface area contributed by atoms with E-state index in [-0.39, 0.29) is 22.4 Å². The number of benzene rings is 1. The molecule has 4 rings (SSSR count). The molecule has 1 aliphatic heterocycles. The second-order valence-electron chi connectivity index (χ2n) is 6.63. The summed E-state index contributed by atoms with van der Waals surface area (Å²) in [5, 5.41) is 2.80. The number of piperazine rings is 1. The number of carbonyl (C=O) groups excluding carboxylic acids is 1. The zero-order valence-corrected chi connectivity index (χ0v) is 17.5. The van der Waals surface area contributed by atoms with Gasteiger partial charge in [-0.1, -0.05) is 11.6 Å². The van der Waals surface area contributed by atoms with Gasteiger partial charge in [-0.05, 0) is 30.3 Å². The number of hydrogen-bond acceptors (Lipinski definition) is 6. The van der Waals surface area contributed by atoms with Crippen molar-refractivity contribution in [2.75, 3.05) is 38.0 Å². The minimum atomic E-state index is -3.55. The molecule has 0 atom stereocenters. The van der Waals surface area contributed by atoms with E-state index >= 15 is 0 Å². The third-order valence-corrected chi connectivity index (χ3v) is 8.24. The summed E-state index contributed by atoms with van der Waals surface area (Å²) in [5.74, 6) is -0.205. The molecule has 1 fully saturated rings. The Morgan fingerprint density at radius 1 is 1.10 bits per heavy atom. The minimum Gasteiger partial charge on any atom is -0.325 e. The van der Waals surface area contributed by atoms with Gasteiger partial charge in [-0.2, -0.15) is 4.31 Å². The molecule has 0 aliphatic carbocycles. The molecule has 9 nitrogen and oxygen atoms in total. The van der Waals surface area contributed by atoms with Crippen molar-refractivity contribution < 1.29 is 13.2 Å². The van der Waals surface area contributed by atoms with Crippen molar-refractivity contribution in [3.8, 4) is 0 Å². The van der Waals surface area contributed by atoms with Crippen molar-refractivity contribution in [3.05, 3.63) is 45.2 Å². The molecule has 12 heteroatoms. The zero-order valence-electron chi connectivity index (χ0n) is 15.1. The lowest BCUT2D eigenvalue weighted by atomic mass is 10.2. The van der Waals surface area contributed by atoms with Crippen molar-refractivity contribution in [1.82, 2.24) is 19.2 Å². The molecule has 0 radical (unpaired) electrons. The van der Waals surface area contributed by atoms with Crippen molar-refractivity contribution in [2.24, 2.45) is 0 Å². The smallest absolute Gasteiger partial charge is 0.323 e. The second kappa shape index (κ2) is 7.92. The maximum Gasteiger partial charge on any atom is 0.323 e. The van der Waals surface area contributed by atoms with Gasteiger partial charge in [0, 0.05) is 31.9 Å². The van der Waals surface area contributed by atoms with Crippen molar-refractivity contribution in [3.63, 3.8) is 0 Å². The van der Waals surface area contributed by atoms with E-state index in [1.807, 2.05) is 4.90 Å². The number of hydrogen-bond donors (Lipinski definition) is 3. The number of nitrogens with one attached hydrogen (secondary N) is 3. The minimum absolute atomic E-state index is 0.153. The van der Waals surface area contributed by atoms with E-state index in [2.05, 4.69) is 15.3 Å². The number of H-pyrrole nitrogens is 2. The van der Waals surface area contributed by atoms with Gasteiger partial charge in [-0.15, -0.1) is 11.3 Å². The van der Waals surface area contributed by atoms with Crippen molar-refractivity contribution in [1.29, 1.82) is 0 Å². The number of nitrogens with zero attached hydrogens (tertiary/aromatic N) is 2. The average molecular weight is 456 g/mol. The Morgan fingerprint density at radius 2 is 1.83 bits per heavy atom. The quantitative estimate of drug-likeness (QED) is 0.539. The maximum atomic E-state index is 12.6. The molecule has 0 saturated carbocycles. The van der Waals surface area contributed by atoms with Crippen LogP contribution in [0.5, 0.6) is 0 Å². The Morgan fingerprint density at radius 3 is 2.52 bits per heavy atom. The number of carbonyl (C=O) groups is 1. The summed E-state index contributed by atoms with van der Waals surface area (Å²) in [4.78, 5) is 30.9. The molecular formula is C17H18ClN5O4S2.